The monoisotopic (exact) mass is 689 g/mol. The minimum absolute atomic E-state index is 0.0938. The highest BCUT2D eigenvalue weighted by molar-refractivity contribution is 5.89. The van der Waals surface area contributed by atoms with Crippen LogP contribution in [-0.4, -0.2) is 48.2 Å². The second-order valence-corrected chi connectivity index (χ2v) is 12.0. The van der Waals surface area contributed by atoms with E-state index in [9.17, 15) is 14.9 Å². The first kappa shape index (κ1) is 35.6. The molecule has 10 nitrogen and oxygen atoms in total. The number of benzene rings is 5. The van der Waals surface area contributed by atoms with E-state index >= 15 is 0 Å². The Morgan fingerprint density at radius 2 is 1.00 bits per heavy atom. The summed E-state index contributed by atoms with van der Waals surface area (Å²) in [5.41, 5.74) is 3.74. The summed E-state index contributed by atoms with van der Waals surface area (Å²) in [5.74, 6) is -0.738. The molecule has 0 spiro atoms. The number of carbonyl (C=O) groups is 1. The van der Waals surface area contributed by atoms with Crippen molar-refractivity contribution in [1.82, 2.24) is 0 Å². The quantitative estimate of drug-likeness (QED) is 0.0592. The van der Waals surface area contributed by atoms with E-state index in [1.54, 1.807) is 0 Å². The first-order chi connectivity index (χ1) is 25.0. The average Bonchev–Trinajstić information content (AvgIpc) is 3.18. The van der Waals surface area contributed by atoms with Gasteiger partial charge in [-0.05, 0) is 34.4 Å². The van der Waals surface area contributed by atoms with Gasteiger partial charge in [-0.15, -0.1) is 0 Å². The molecule has 0 saturated carbocycles. The molecular formula is C41H39NO9. The molecular weight excluding hydrogens is 650 g/mol. The molecule has 262 valence electrons. The Balaban J connectivity index is 1.32. The van der Waals surface area contributed by atoms with E-state index in [1.165, 1.54) is 24.3 Å². The molecule has 5 aromatic carbocycles. The summed E-state index contributed by atoms with van der Waals surface area (Å²) in [6.07, 6.45) is -4.43. The molecule has 6 rings (SSSR count). The van der Waals surface area contributed by atoms with Crippen LogP contribution in [0.15, 0.2) is 146 Å². The van der Waals surface area contributed by atoms with Gasteiger partial charge in [0.15, 0.2) is 0 Å². The van der Waals surface area contributed by atoms with Gasteiger partial charge in [-0.2, -0.15) is 0 Å². The number of nitrogens with zero attached hydrogens (tertiary/aromatic N) is 1. The van der Waals surface area contributed by atoms with Crippen LogP contribution in [0.1, 0.15) is 32.6 Å². The lowest BCUT2D eigenvalue weighted by Gasteiger charge is -2.45. The molecule has 1 aliphatic rings. The van der Waals surface area contributed by atoms with E-state index < -0.39 is 41.6 Å². The van der Waals surface area contributed by atoms with Crippen LogP contribution in [0.4, 0.5) is 5.69 Å². The van der Waals surface area contributed by atoms with E-state index in [1.807, 2.05) is 121 Å². The van der Waals surface area contributed by atoms with Gasteiger partial charge < -0.3 is 28.4 Å². The van der Waals surface area contributed by atoms with Crippen molar-refractivity contribution in [3.8, 4) is 0 Å². The van der Waals surface area contributed by atoms with Gasteiger partial charge in [0.25, 0.3) is 5.69 Å². The highest BCUT2D eigenvalue weighted by Gasteiger charge is 2.50. The molecule has 5 aromatic rings. The van der Waals surface area contributed by atoms with Crippen molar-refractivity contribution in [3.05, 3.63) is 184 Å². The Bertz CT molecular complexity index is 1790. The third kappa shape index (κ3) is 10.2. The molecule has 2 unspecified atom stereocenters. The van der Waals surface area contributed by atoms with Crippen LogP contribution in [0.5, 0.6) is 0 Å². The zero-order chi connectivity index (χ0) is 35.3. The van der Waals surface area contributed by atoms with Crippen LogP contribution in [0.25, 0.3) is 0 Å². The third-order valence-corrected chi connectivity index (χ3v) is 8.38. The topological polar surface area (TPSA) is 116 Å². The van der Waals surface area contributed by atoms with Gasteiger partial charge in [0.2, 0.25) is 6.29 Å². The number of esters is 1. The Kier molecular flexibility index (Phi) is 12.7. The van der Waals surface area contributed by atoms with Crippen LogP contribution >= 0.6 is 0 Å². The Morgan fingerprint density at radius 1 is 0.569 bits per heavy atom. The van der Waals surface area contributed by atoms with Crippen molar-refractivity contribution in [2.45, 2.75) is 57.1 Å². The van der Waals surface area contributed by atoms with Gasteiger partial charge in [-0.1, -0.05) is 121 Å². The average molecular weight is 690 g/mol. The molecule has 0 radical (unpaired) electrons. The predicted octanol–water partition coefficient (Wildman–Crippen LogP) is 7.45. The molecule has 0 N–H and O–H groups in total. The van der Waals surface area contributed by atoms with Crippen LogP contribution in [-0.2, 0) is 54.8 Å². The minimum Gasteiger partial charge on any atom is -0.429 e. The third-order valence-electron chi connectivity index (χ3n) is 8.38. The van der Waals surface area contributed by atoms with E-state index in [0.717, 1.165) is 22.3 Å². The first-order valence-electron chi connectivity index (χ1n) is 16.7. The van der Waals surface area contributed by atoms with Crippen LogP contribution in [0, 0.1) is 10.1 Å². The SMILES string of the molecule is O=C(O[C@@H]1OC(COCc2ccccc2)[C@@H](OCc2ccccc2)[C@@H](OCc2ccccc2)C1OCc1ccccc1)c1ccc([N+](=O)[O-])cc1. The lowest BCUT2D eigenvalue weighted by molar-refractivity contribution is -0.384. The van der Waals surface area contributed by atoms with Gasteiger partial charge >= 0.3 is 5.97 Å². The molecule has 1 aliphatic heterocycles. The minimum atomic E-state index is -1.25. The van der Waals surface area contributed by atoms with Gasteiger partial charge in [0, 0.05) is 12.1 Å². The molecule has 1 fully saturated rings. The van der Waals surface area contributed by atoms with Gasteiger partial charge in [0.1, 0.15) is 24.4 Å². The maximum Gasteiger partial charge on any atom is 0.340 e. The number of hydrogen-bond acceptors (Lipinski definition) is 9. The fraction of sp³-hybridized carbons (Fsp3) is 0.244. The lowest BCUT2D eigenvalue weighted by atomic mass is 9.97. The fourth-order valence-electron chi connectivity index (χ4n) is 5.73. The molecule has 5 atom stereocenters. The van der Waals surface area contributed by atoms with Gasteiger partial charge in [0.05, 0.1) is 43.5 Å². The largest absolute Gasteiger partial charge is 0.429 e. The van der Waals surface area contributed by atoms with Crippen LogP contribution in [0.3, 0.4) is 0 Å². The fourth-order valence-corrected chi connectivity index (χ4v) is 5.73. The van der Waals surface area contributed by atoms with Crippen molar-refractivity contribution >= 4 is 11.7 Å². The van der Waals surface area contributed by atoms with Crippen molar-refractivity contribution in [2.24, 2.45) is 0 Å². The Morgan fingerprint density at radius 3 is 1.47 bits per heavy atom. The first-order valence-corrected chi connectivity index (χ1v) is 16.7. The molecule has 51 heavy (non-hydrogen) atoms. The van der Waals surface area contributed by atoms with E-state index in [0.29, 0.717) is 6.61 Å². The number of ether oxygens (including phenoxy) is 6. The number of nitro groups is 1. The Labute approximate surface area is 296 Å². The summed E-state index contributed by atoms with van der Waals surface area (Å²) in [7, 11) is 0. The predicted molar refractivity (Wildman–Crippen MR) is 188 cm³/mol. The highest BCUT2D eigenvalue weighted by Crippen LogP contribution is 2.32. The number of hydrogen-bond donors (Lipinski definition) is 0. The van der Waals surface area contributed by atoms with Gasteiger partial charge in [-0.3, -0.25) is 10.1 Å². The summed E-state index contributed by atoms with van der Waals surface area (Å²) < 4.78 is 38.6. The molecule has 0 amide bonds. The second-order valence-electron chi connectivity index (χ2n) is 12.0. The number of non-ortho nitro benzene ring substituents is 1. The summed E-state index contributed by atoms with van der Waals surface area (Å²) in [5, 5.41) is 11.2. The summed E-state index contributed by atoms with van der Waals surface area (Å²) >= 11 is 0. The maximum absolute atomic E-state index is 13.6. The molecule has 10 heteroatoms. The van der Waals surface area contributed by atoms with Crippen molar-refractivity contribution in [2.75, 3.05) is 6.61 Å². The van der Waals surface area contributed by atoms with Gasteiger partial charge in [-0.25, -0.2) is 4.79 Å². The zero-order valence-electron chi connectivity index (χ0n) is 27.9. The number of carbonyl (C=O) groups excluding carboxylic acids is 1. The molecule has 0 bridgehead atoms. The standard InChI is InChI=1S/C41H39NO9/c43-40(34-21-23-35(24-22-34)42(44)45)51-41-39(49-28-33-19-11-4-12-20-33)38(48-27-32-17-9-3-10-18-32)37(47-26-31-15-7-2-8-16-31)36(50-41)29-46-25-30-13-5-1-6-14-30/h1-24,36-39,41H,25-29H2/t36?,37-,38-,39?,41+/m1/s1. The summed E-state index contributed by atoms with van der Waals surface area (Å²) in [6, 6.07) is 44.1. The van der Waals surface area contributed by atoms with Crippen LogP contribution in [0.2, 0.25) is 0 Å². The molecule has 1 heterocycles. The van der Waals surface area contributed by atoms with E-state index in [4.69, 9.17) is 28.4 Å². The number of nitro benzene ring substituents is 1. The second kappa shape index (κ2) is 18.1. The molecule has 0 aliphatic carbocycles. The van der Waals surface area contributed by atoms with E-state index in [-0.39, 0.29) is 37.7 Å². The lowest BCUT2D eigenvalue weighted by Crippen LogP contribution is -2.62. The molecule has 0 aromatic heterocycles. The summed E-state index contributed by atoms with van der Waals surface area (Å²) in [4.78, 5) is 24.3. The van der Waals surface area contributed by atoms with Crippen molar-refractivity contribution in [1.29, 1.82) is 0 Å². The normalized spacial score (nSPS) is 20.0. The smallest absolute Gasteiger partial charge is 0.340 e. The summed E-state index contributed by atoms with van der Waals surface area (Å²) in [6.45, 7) is 1.07. The molecule has 1 saturated heterocycles. The van der Waals surface area contributed by atoms with Crippen molar-refractivity contribution < 1.29 is 38.1 Å². The van der Waals surface area contributed by atoms with Crippen molar-refractivity contribution in [3.63, 3.8) is 0 Å². The highest BCUT2D eigenvalue weighted by atomic mass is 16.7. The number of rotatable bonds is 16. The van der Waals surface area contributed by atoms with E-state index in [2.05, 4.69) is 0 Å². The van der Waals surface area contributed by atoms with Crippen LogP contribution < -0.4 is 0 Å². The Hall–Kier alpha value is -5.23. The zero-order valence-corrected chi connectivity index (χ0v) is 27.9. The maximum atomic E-state index is 13.6.